The molecule has 0 spiro atoms. The van der Waals surface area contributed by atoms with Gasteiger partial charge in [-0.2, -0.15) is 0 Å². The number of amides is 1. The van der Waals surface area contributed by atoms with Crippen molar-refractivity contribution in [3.05, 3.63) is 27.4 Å². The highest BCUT2D eigenvalue weighted by molar-refractivity contribution is 5.76. The van der Waals surface area contributed by atoms with Crippen LogP contribution in [0.25, 0.3) is 0 Å². The number of hydrogen-bond acceptors (Lipinski definition) is 4. The number of aromatic nitrogens is 2. The summed E-state index contributed by atoms with van der Waals surface area (Å²) in [5, 5.41) is 0. The molecule has 1 atom stereocenters. The topological polar surface area (TPSA) is 69.3 Å². The Morgan fingerprint density at radius 2 is 1.89 bits per heavy atom. The van der Waals surface area contributed by atoms with Crippen molar-refractivity contribution in [2.75, 3.05) is 13.1 Å². The Labute approximate surface area is 167 Å². The second-order valence-electron chi connectivity index (χ2n) is 8.74. The van der Waals surface area contributed by atoms with Crippen LogP contribution in [0, 0.1) is 0 Å². The van der Waals surface area contributed by atoms with Gasteiger partial charge in [0.05, 0.1) is 11.7 Å². The van der Waals surface area contributed by atoms with Crippen molar-refractivity contribution in [2.24, 2.45) is 0 Å². The van der Waals surface area contributed by atoms with Crippen LogP contribution >= 0.6 is 0 Å². The number of carbonyl (C=O) groups is 1. The van der Waals surface area contributed by atoms with Gasteiger partial charge in [0.25, 0.3) is 5.56 Å². The van der Waals surface area contributed by atoms with Gasteiger partial charge in [0.2, 0.25) is 5.91 Å². The Hall–Kier alpha value is -1.69. The molecule has 2 aliphatic heterocycles. The lowest BCUT2D eigenvalue weighted by Gasteiger charge is -2.38. The average Bonchev–Trinajstić information content (AvgIpc) is 2.74. The van der Waals surface area contributed by atoms with Gasteiger partial charge in [0, 0.05) is 37.7 Å². The summed E-state index contributed by atoms with van der Waals surface area (Å²) in [5.41, 5.74) is 1.82. The Kier molecular flexibility index (Phi) is 6.14. The minimum absolute atomic E-state index is 0.0109. The summed E-state index contributed by atoms with van der Waals surface area (Å²) in [7, 11) is 0. The first-order valence-corrected chi connectivity index (χ1v) is 11.3. The predicted molar refractivity (Wildman–Crippen MR) is 109 cm³/mol. The molecule has 0 bridgehead atoms. The summed E-state index contributed by atoms with van der Waals surface area (Å²) >= 11 is 0. The zero-order chi connectivity index (χ0) is 19.5. The molecule has 1 saturated heterocycles. The van der Waals surface area contributed by atoms with E-state index in [-0.39, 0.29) is 17.5 Å². The number of likely N-dealkylation sites (tertiary alicyclic amines) is 1. The molecule has 1 aromatic rings. The van der Waals surface area contributed by atoms with Gasteiger partial charge < -0.3 is 9.88 Å². The molecule has 2 fully saturated rings. The largest absolute Gasteiger partial charge is 0.333 e. The molecule has 0 aromatic carbocycles. The molecule has 6 heteroatoms. The van der Waals surface area contributed by atoms with Gasteiger partial charge in [0.1, 0.15) is 5.82 Å². The molecule has 28 heavy (non-hydrogen) atoms. The smallest absolute Gasteiger partial charge is 0.254 e. The number of nitrogens with one attached hydrogen (secondary N) is 1. The van der Waals surface area contributed by atoms with Crippen LogP contribution in [-0.4, -0.2) is 44.8 Å². The number of piperidine rings is 1. The molecular formula is C22H34N4O2. The van der Waals surface area contributed by atoms with E-state index >= 15 is 0 Å². The SMILES string of the molecule is CCCC(=O)N1CCCC[C@H]1c1nc2c(c(=O)[nH]1)CCN(C1CCCCC1)C2. The van der Waals surface area contributed by atoms with Crippen molar-refractivity contribution in [3.63, 3.8) is 0 Å². The highest BCUT2D eigenvalue weighted by Gasteiger charge is 2.32. The third-order valence-electron chi connectivity index (χ3n) is 6.82. The summed E-state index contributed by atoms with van der Waals surface area (Å²) in [6.45, 7) is 4.56. The van der Waals surface area contributed by atoms with E-state index in [1.807, 2.05) is 11.8 Å². The number of aromatic amines is 1. The minimum Gasteiger partial charge on any atom is -0.333 e. The van der Waals surface area contributed by atoms with Gasteiger partial charge in [-0.1, -0.05) is 26.2 Å². The summed E-state index contributed by atoms with van der Waals surface area (Å²) in [6.07, 6.45) is 11.8. The van der Waals surface area contributed by atoms with Crippen molar-refractivity contribution in [1.82, 2.24) is 19.8 Å². The summed E-state index contributed by atoms with van der Waals surface area (Å²) < 4.78 is 0. The first-order chi connectivity index (χ1) is 13.7. The van der Waals surface area contributed by atoms with E-state index in [1.165, 1.54) is 32.1 Å². The molecule has 3 heterocycles. The zero-order valence-corrected chi connectivity index (χ0v) is 17.2. The van der Waals surface area contributed by atoms with Crippen molar-refractivity contribution in [3.8, 4) is 0 Å². The molecule has 0 unspecified atom stereocenters. The fraction of sp³-hybridized carbons (Fsp3) is 0.773. The van der Waals surface area contributed by atoms with Gasteiger partial charge in [-0.25, -0.2) is 4.98 Å². The van der Waals surface area contributed by atoms with Gasteiger partial charge >= 0.3 is 0 Å². The first-order valence-electron chi connectivity index (χ1n) is 11.3. The van der Waals surface area contributed by atoms with Gasteiger partial charge in [-0.3, -0.25) is 14.5 Å². The van der Waals surface area contributed by atoms with Crippen LogP contribution in [0.3, 0.4) is 0 Å². The fourth-order valence-electron chi connectivity index (χ4n) is 5.27. The van der Waals surface area contributed by atoms with Crippen LogP contribution in [-0.2, 0) is 17.8 Å². The van der Waals surface area contributed by atoms with E-state index in [0.29, 0.717) is 18.3 Å². The fourth-order valence-corrected chi connectivity index (χ4v) is 5.27. The molecule has 1 aliphatic carbocycles. The quantitative estimate of drug-likeness (QED) is 0.862. The number of carbonyl (C=O) groups excluding carboxylic acids is 1. The normalized spacial score (nSPS) is 24.2. The van der Waals surface area contributed by atoms with Crippen LogP contribution in [0.5, 0.6) is 0 Å². The van der Waals surface area contributed by atoms with Crippen LogP contribution in [0.2, 0.25) is 0 Å². The van der Waals surface area contributed by atoms with Gasteiger partial charge in [0.15, 0.2) is 0 Å². The number of rotatable bonds is 4. The van der Waals surface area contributed by atoms with Gasteiger partial charge in [-0.15, -0.1) is 0 Å². The lowest BCUT2D eigenvalue weighted by atomic mass is 9.92. The number of nitrogens with zero attached hydrogens (tertiary/aromatic N) is 3. The highest BCUT2D eigenvalue weighted by atomic mass is 16.2. The lowest BCUT2D eigenvalue weighted by molar-refractivity contribution is -0.135. The molecule has 0 radical (unpaired) electrons. The third kappa shape index (κ3) is 4.02. The number of fused-ring (bicyclic) bond motifs is 1. The molecular weight excluding hydrogens is 352 g/mol. The van der Waals surface area contributed by atoms with Gasteiger partial charge in [-0.05, 0) is 44.9 Å². The monoisotopic (exact) mass is 386 g/mol. The Balaban J connectivity index is 1.58. The summed E-state index contributed by atoms with van der Waals surface area (Å²) in [6, 6.07) is 0.569. The molecule has 1 saturated carbocycles. The predicted octanol–water partition coefficient (Wildman–Crippen LogP) is 3.31. The summed E-state index contributed by atoms with van der Waals surface area (Å²) in [5.74, 6) is 0.898. The highest BCUT2D eigenvalue weighted by Crippen LogP contribution is 2.31. The standard InChI is InChI=1S/C22H34N4O2/c1-2-8-20(27)26-13-7-6-11-19(26)21-23-18-15-25(16-9-4-3-5-10-16)14-12-17(18)22(28)24-21/h16,19H,2-15H2,1H3,(H,23,24,28)/t19-/m0/s1. The van der Waals surface area contributed by atoms with Crippen LogP contribution in [0.4, 0.5) is 0 Å². The average molecular weight is 387 g/mol. The second kappa shape index (κ2) is 8.76. The molecule has 4 rings (SSSR count). The van der Waals surface area contributed by atoms with Crippen molar-refractivity contribution >= 4 is 5.91 Å². The molecule has 6 nitrogen and oxygen atoms in total. The maximum Gasteiger partial charge on any atom is 0.254 e. The second-order valence-corrected chi connectivity index (χ2v) is 8.74. The van der Waals surface area contributed by atoms with E-state index in [0.717, 1.165) is 63.0 Å². The maximum atomic E-state index is 12.8. The maximum absolute atomic E-state index is 12.8. The van der Waals surface area contributed by atoms with E-state index < -0.39 is 0 Å². The van der Waals surface area contributed by atoms with Crippen molar-refractivity contribution < 1.29 is 4.79 Å². The Morgan fingerprint density at radius 3 is 2.68 bits per heavy atom. The van der Waals surface area contributed by atoms with E-state index in [4.69, 9.17) is 4.98 Å². The van der Waals surface area contributed by atoms with Crippen LogP contribution in [0.1, 0.15) is 94.3 Å². The minimum atomic E-state index is -0.0733. The zero-order valence-electron chi connectivity index (χ0n) is 17.2. The van der Waals surface area contributed by atoms with E-state index in [9.17, 15) is 9.59 Å². The van der Waals surface area contributed by atoms with E-state index in [2.05, 4.69) is 9.88 Å². The molecule has 1 amide bonds. The molecule has 154 valence electrons. The first kappa shape index (κ1) is 19.6. The molecule has 3 aliphatic rings. The lowest BCUT2D eigenvalue weighted by Crippen LogP contribution is -2.44. The third-order valence-corrected chi connectivity index (χ3v) is 6.82. The van der Waals surface area contributed by atoms with E-state index in [1.54, 1.807) is 0 Å². The molecule has 1 N–H and O–H groups in total. The Morgan fingerprint density at radius 1 is 1.11 bits per heavy atom. The number of hydrogen-bond donors (Lipinski definition) is 1. The Bertz CT molecular complexity index is 753. The van der Waals surface area contributed by atoms with Crippen LogP contribution < -0.4 is 5.56 Å². The number of H-pyrrole nitrogens is 1. The summed E-state index contributed by atoms with van der Waals surface area (Å²) in [4.78, 5) is 37.9. The van der Waals surface area contributed by atoms with Crippen molar-refractivity contribution in [1.29, 1.82) is 0 Å². The molecule has 1 aromatic heterocycles. The van der Waals surface area contributed by atoms with Crippen molar-refractivity contribution in [2.45, 2.75) is 96.2 Å². The van der Waals surface area contributed by atoms with Crippen LogP contribution in [0.15, 0.2) is 4.79 Å².